The van der Waals surface area contributed by atoms with Crippen molar-refractivity contribution in [3.8, 4) is 0 Å². The van der Waals surface area contributed by atoms with Crippen LogP contribution in [0.5, 0.6) is 0 Å². The van der Waals surface area contributed by atoms with Gasteiger partial charge in [-0.1, -0.05) is 268 Å². The van der Waals surface area contributed by atoms with Crippen LogP contribution in [0, 0.1) is 0 Å². The Balaban J connectivity index is 4.19. The van der Waals surface area contributed by atoms with Crippen LogP contribution in [0.3, 0.4) is 0 Å². The van der Waals surface area contributed by atoms with Crippen molar-refractivity contribution in [2.75, 3.05) is 47.5 Å². The van der Waals surface area contributed by atoms with Gasteiger partial charge in [-0.05, 0) is 122 Å². The molecule has 0 radical (unpaired) electrons. The normalized spacial score (nSPS) is 14.2. The highest BCUT2D eigenvalue weighted by Gasteiger charge is 2.27. The van der Waals surface area contributed by atoms with E-state index in [1.165, 1.54) is 77.0 Å². The van der Waals surface area contributed by atoms with Crippen LogP contribution in [-0.4, -0.2) is 74.9 Å². The number of phosphoric acid groups is 1. The van der Waals surface area contributed by atoms with Crippen molar-refractivity contribution in [3.63, 3.8) is 0 Å². The molecular formula is C74H123NO8P+. The summed E-state index contributed by atoms with van der Waals surface area (Å²) in [7, 11) is 1.44. The fourth-order valence-corrected chi connectivity index (χ4v) is 9.27. The molecule has 0 amide bonds. The van der Waals surface area contributed by atoms with Gasteiger partial charge in [-0.3, -0.25) is 18.6 Å². The third kappa shape index (κ3) is 66.8. The zero-order valence-electron chi connectivity index (χ0n) is 54.1. The molecule has 0 saturated carbocycles. The van der Waals surface area contributed by atoms with Crippen LogP contribution >= 0.6 is 7.82 Å². The van der Waals surface area contributed by atoms with E-state index < -0.39 is 26.5 Å². The van der Waals surface area contributed by atoms with Crippen molar-refractivity contribution in [1.82, 2.24) is 0 Å². The van der Waals surface area contributed by atoms with Crippen LogP contribution in [0.15, 0.2) is 158 Å². The standard InChI is InChI=1S/C74H122NO8P/c1-6-8-10-12-14-16-18-20-22-24-26-28-30-32-34-35-36-37-38-39-41-43-45-47-49-51-53-55-57-59-61-63-65-67-74(77)83-72(71-82-84(78,79)81-69-68-75(3,4)5)70-80-73(76)66-64-62-60-58-56-54-52-50-48-46-44-42-40-33-31-29-27-25-23-21-19-17-15-13-11-9-7-2/h8-11,14-17,20-23,26-29,32,34,36-37,39,41,45,47,51,53,72H,6-7,12-13,18-19,24-25,30-31,33,35,38,40,42-44,46,48-50,52,54-71H2,1-5H3/p+1/b10-8-,11-9-,16-14-,17-15-,22-20-,23-21-,28-26-,29-27-,34-32-,37-36-,41-39-,47-45-,53-51-. The van der Waals surface area contributed by atoms with Crippen molar-refractivity contribution in [3.05, 3.63) is 158 Å². The van der Waals surface area contributed by atoms with Gasteiger partial charge in [0.1, 0.15) is 19.8 Å². The Bertz CT molecular complexity index is 1970. The molecule has 2 atom stereocenters. The quantitative estimate of drug-likeness (QED) is 0.0211. The minimum absolute atomic E-state index is 0.0192. The van der Waals surface area contributed by atoms with Crippen LogP contribution in [0.1, 0.15) is 245 Å². The Morgan fingerprint density at radius 3 is 0.952 bits per heavy atom. The molecule has 0 aliphatic heterocycles. The number of hydrogen-bond donors (Lipinski definition) is 1. The molecule has 0 aromatic carbocycles. The summed E-state index contributed by atoms with van der Waals surface area (Å²) >= 11 is 0. The molecule has 476 valence electrons. The summed E-state index contributed by atoms with van der Waals surface area (Å²) in [5, 5.41) is 0. The third-order valence-electron chi connectivity index (χ3n) is 13.6. The summed E-state index contributed by atoms with van der Waals surface area (Å²) in [6, 6.07) is 0. The highest BCUT2D eigenvalue weighted by molar-refractivity contribution is 7.47. The number of unbranched alkanes of at least 4 members (excludes halogenated alkanes) is 19. The average molecular weight is 1190 g/mol. The maximum Gasteiger partial charge on any atom is 0.472 e. The van der Waals surface area contributed by atoms with Gasteiger partial charge in [0.25, 0.3) is 0 Å². The Kier molecular flexibility index (Phi) is 59.9. The highest BCUT2D eigenvalue weighted by Crippen LogP contribution is 2.43. The first kappa shape index (κ1) is 79.6. The number of carbonyl (C=O) groups is 2. The summed E-state index contributed by atoms with van der Waals surface area (Å²) in [6.45, 7) is 4.18. The van der Waals surface area contributed by atoms with Gasteiger partial charge in [-0.25, -0.2) is 4.57 Å². The zero-order valence-corrected chi connectivity index (χ0v) is 55.0. The predicted molar refractivity (Wildman–Crippen MR) is 362 cm³/mol. The molecule has 0 heterocycles. The molecule has 0 aromatic heterocycles. The van der Waals surface area contributed by atoms with E-state index in [0.717, 1.165) is 135 Å². The lowest BCUT2D eigenvalue weighted by Crippen LogP contribution is -2.37. The molecule has 84 heavy (non-hydrogen) atoms. The molecule has 0 spiro atoms. The van der Waals surface area contributed by atoms with Crippen LogP contribution in [0.25, 0.3) is 0 Å². The van der Waals surface area contributed by atoms with E-state index in [0.29, 0.717) is 17.4 Å². The number of phosphoric ester groups is 1. The summed E-state index contributed by atoms with van der Waals surface area (Å²) in [5.41, 5.74) is 0. The second kappa shape index (κ2) is 63.1. The largest absolute Gasteiger partial charge is 0.472 e. The Hall–Kier alpha value is -4.37. The summed E-state index contributed by atoms with van der Waals surface area (Å²) < 4.78 is 34.7. The molecule has 0 aliphatic rings. The number of ether oxygens (including phenoxy) is 2. The van der Waals surface area contributed by atoms with E-state index in [4.69, 9.17) is 18.5 Å². The second-order valence-corrected chi connectivity index (χ2v) is 24.2. The van der Waals surface area contributed by atoms with E-state index >= 15 is 0 Å². The second-order valence-electron chi connectivity index (χ2n) is 22.7. The predicted octanol–water partition coefficient (Wildman–Crippen LogP) is 21.6. The average Bonchev–Trinajstić information content (AvgIpc) is 3.61. The molecule has 9 nitrogen and oxygen atoms in total. The molecule has 1 N–H and O–H groups in total. The maximum atomic E-state index is 12.9. The Labute approximate surface area is 516 Å². The minimum Gasteiger partial charge on any atom is -0.462 e. The maximum absolute atomic E-state index is 12.9. The van der Waals surface area contributed by atoms with Gasteiger partial charge < -0.3 is 18.9 Å². The zero-order chi connectivity index (χ0) is 61.2. The van der Waals surface area contributed by atoms with E-state index in [1.807, 2.05) is 21.1 Å². The number of quaternary nitrogens is 1. The first-order valence-electron chi connectivity index (χ1n) is 33.2. The molecule has 0 aliphatic carbocycles. The van der Waals surface area contributed by atoms with Crippen molar-refractivity contribution >= 4 is 19.8 Å². The third-order valence-corrected chi connectivity index (χ3v) is 14.5. The molecule has 10 heteroatoms. The van der Waals surface area contributed by atoms with Gasteiger partial charge in [-0.2, -0.15) is 0 Å². The number of esters is 2. The van der Waals surface area contributed by atoms with Gasteiger partial charge in [0.05, 0.1) is 27.7 Å². The molecule has 0 fully saturated rings. The lowest BCUT2D eigenvalue weighted by atomic mass is 10.0. The number of hydrogen-bond acceptors (Lipinski definition) is 7. The first-order chi connectivity index (χ1) is 41.0. The van der Waals surface area contributed by atoms with E-state index in [1.54, 1.807) is 0 Å². The van der Waals surface area contributed by atoms with Crippen LogP contribution in [-0.2, 0) is 32.7 Å². The molecular weight excluding hydrogens is 1060 g/mol. The Morgan fingerprint density at radius 1 is 0.369 bits per heavy atom. The summed E-state index contributed by atoms with van der Waals surface area (Å²) in [4.78, 5) is 35.8. The van der Waals surface area contributed by atoms with Gasteiger partial charge in [0.2, 0.25) is 0 Å². The van der Waals surface area contributed by atoms with Crippen LogP contribution < -0.4 is 0 Å². The SMILES string of the molecule is CC/C=C\C/C=C\C/C=C\C/C=C\C/C=C\C/C=C\C/C=C\C/C=C\C/C=C\CCCCCCCC(=O)OC(COC(=O)CCCCCCCCCCCCCCCC/C=C\C/C=C\C/C=C\C/C=C\CC)COP(=O)(O)OCC[N+](C)(C)C. The fraction of sp³-hybridized carbons (Fsp3) is 0.622. The summed E-state index contributed by atoms with van der Waals surface area (Å²) in [6.07, 6.45) is 94.7. The van der Waals surface area contributed by atoms with Gasteiger partial charge in [0, 0.05) is 12.8 Å². The number of rotatable bonds is 59. The molecule has 0 bridgehead atoms. The topological polar surface area (TPSA) is 108 Å². The lowest BCUT2D eigenvalue weighted by Gasteiger charge is -2.24. The molecule has 0 rings (SSSR count). The molecule has 2 unspecified atom stereocenters. The van der Waals surface area contributed by atoms with Crippen LogP contribution in [0.4, 0.5) is 0 Å². The lowest BCUT2D eigenvalue weighted by molar-refractivity contribution is -0.870. The van der Waals surface area contributed by atoms with Crippen molar-refractivity contribution in [2.24, 2.45) is 0 Å². The number of likely N-dealkylation sites (N-methyl/N-ethyl adjacent to an activating group) is 1. The van der Waals surface area contributed by atoms with Gasteiger partial charge >= 0.3 is 19.8 Å². The van der Waals surface area contributed by atoms with Crippen molar-refractivity contribution in [1.29, 1.82) is 0 Å². The van der Waals surface area contributed by atoms with Gasteiger partial charge in [0.15, 0.2) is 6.10 Å². The van der Waals surface area contributed by atoms with E-state index in [-0.39, 0.29) is 32.0 Å². The fourth-order valence-electron chi connectivity index (χ4n) is 8.53. The van der Waals surface area contributed by atoms with Crippen molar-refractivity contribution < 1.29 is 42.1 Å². The number of nitrogens with zero attached hydrogens (tertiary/aromatic N) is 1. The molecule has 0 saturated heterocycles. The minimum atomic E-state index is -4.41. The highest BCUT2D eigenvalue weighted by atomic mass is 31.2. The summed E-state index contributed by atoms with van der Waals surface area (Å²) in [5.74, 6) is -0.828. The monoisotopic (exact) mass is 1180 g/mol. The van der Waals surface area contributed by atoms with E-state index in [2.05, 4.69) is 172 Å². The molecule has 0 aromatic rings. The van der Waals surface area contributed by atoms with Crippen molar-refractivity contribution in [2.45, 2.75) is 251 Å². The number of carbonyl (C=O) groups excluding carboxylic acids is 2. The van der Waals surface area contributed by atoms with Gasteiger partial charge in [-0.15, -0.1) is 0 Å². The number of allylic oxidation sites excluding steroid dienone is 26. The van der Waals surface area contributed by atoms with E-state index in [9.17, 15) is 19.0 Å². The smallest absolute Gasteiger partial charge is 0.462 e. The Morgan fingerprint density at radius 2 is 0.643 bits per heavy atom. The first-order valence-corrected chi connectivity index (χ1v) is 34.7. The van der Waals surface area contributed by atoms with Crippen LogP contribution in [0.2, 0.25) is 0 Å².